The second-order valence-electron chi connectivity index (χ2n) is 3.34. The maximum absolute atomic E-state index is 11.9. The van der Waals surface area contributed by atoms with E-state index in [-0.39, 0.29) is 0 Å². The average molecular weight is 275 g/mol. The van der Waals surface area contributed by atoms with Crippen LogP contribution in [0.5, 0.6) is 5.75 Å². The zero-order valence-corrected chi connectivity index (χ0v) is 9.91. The molecular formula is C13H10ClF3O. The van der Waals surface area contributed by atoms with Crippen LogP contribution in [0.2, 0.25) is 5.02 Å². The molecule has 0 aliphatic carbocycles. The van der Waals surface area contributed by atoms with Gasteiger partial charge < -0.3 is 5.11 Å². The maximum atomic E-state index is 11.9. The summed E-state index contributed by atoms with van der Waals surface area (Å²) in [6.07, 6.45) is -4.27. The van der Waals surface area contributed by atoms with Gasteiger partial charge in [0, 0.05) is 5.02 Å². The van der Waals surface area contributed by atoms with E-state index in [1.54, 1.807) is 24.3 Å². The minimum Gasteiger partial charge on any atom is -0.508 e. The van der Waals surface area contributed by atoms with Gasteiger partial charge in [-0.2, -0.15) is 13.2 Å². The molecule has 0 bridgehead atoms. The molecule has 0 radical (unpaired) electrons. The van der Waals surface area contributed by atoms with E-state index < -0.39 is 11.7 Å². The van der Waals surface area contributed by atoms with E-state index in [4.69, 9.17) is 16.7 Å². The minimum absolute atomic E-state index is 0.304. The summed E-state index contributed by atoms with van der Waals surface area (Å²) in [4.78, 5) is 0. The first-order chi connectivity index (χ1) is 8.39. The fourth-order valence-corrected chi connectivity index (χ4v) is 1.19. The van der Waals surface area contributed by atoms with Gasteiger partial charge in [-0.1, -0.05) is 29.8 Å². The van der Waals surface area contributed by atoms with Crippen molar-refractivity contribution in [3.8, 4) is 5.75 Å². The molecule has 0 fully saturated rings. The number of alkyl halides is 3. The highest BCUT2D eigenvalue weighted by atomic mass is 35.5. The predicted molar refractivity (Wildman–Crippen MR) is 64.6 cm³/mol. The normalized spacial score (nSPS) is 10.4. The molecule has 0 aliphatic rings. The predicted octanol–water partition coefficient (Wildman–Crippen LogP) is 4.75. The van der Waals surface area contributed by atoms with Crippen LogP contribution in [0.15, 0.2) is 54.6 Å². The highest BCUT2D eigenvalue weighted by molar-refractivity contribution is 6.30. The van der Waals surface area contributed by atoms with Crippen molar-refractivity contribution in [2.24, 2.45) is 0 Å². The number of rotatable bonds is 0. The minimum atomic E-state index is -4.27. The van der Waals surface area contributed by atoms with Crippen molar-refractivity contribution in [3.63, 3.8) is 0 Å². The number of benzene rings is 2. The molecule has 2 aromatic rings. The third-order valence-electron chi connectivity index (χ3n) is 1.93. The van der Waals surface area contributed by atoms with Crippen LogP contribution in [0.3, 0.4) is 0 Å². The summed E-state index contributed by atoms with van der Waals surface area (Å²) < 4.78 is 35.6. The first-order valence-electron chi connectivity index (χ1n) is 4.96. The molecular weight excluding hydrogens is 265 g/mol. The molecule has 0 aliphatic heterocycles. The summed E-state index contributed by atoms with van der Waals surface area (Å²) in [5.74, 6) is 0.322. The Bertz CT molecular complexity index is 466. The van der Waals surface area contributed by atoms with E-state index in [0.29, 0.717) is 10.8 Å². The molecule has 0 spiro atoms. The van der Waals surface area contributed by atoms with Gasteiger partial charge in [0.25, 0.3) is 0 Å². The highest BCUT2D eigenvalue weighted by Gasteiger charge is 2.29. The number of halogens is 4. The summed E-state index contributed by atoms with van der Waals surface area (Å²) in [5.41, 5.74) is -0.679. The second-order valence-corrected chi connectivity index (χ2v) is 3.78. The zero-order chi connectivity index (χ0) is 13.6. The molecule has 1 N–H and O–H groups in total. The Morgan fingerprint density at radius 3 is 1.67 bits per heavy atom. The van der Waals surface area contributed by atoms with Crippen LogP contribution < -0.4 is 0 Å². The molecule has 0 amide bonds. The molecule has 0 saturated heterocycles. The van der Waals surface area contributed by atoms with Crippen LogP contribution in [-0.2, 0) is 6.18 Å². The van der Waals surface area contributed by atoms with Crippen LogP contribution in [-0.4, -0.2) is 5.11 Å². The van der Waals surface area contributed by atoms with Crippen LogP contribution in [0.25, 0.3) is 0 Å². The number of phenols is 1. The molecule has 5 heteroatoms. The molecule has 96 valence electrons. The lowest BCUT2D eigenvalue weighted by Crippen LogP contribution is -2.03. The largest absolute Gasteiger partial charge is 0.508 e. The fraction of sp³-hybridized carbons (Fsp3) is 0.0769. The lowest BCUT2D eigenvalue weighted by Gasteiger charge is -2.04. The molecule has 1 nitrogen and oxygen atoms in total. The third kappa shape index (κ3) is 5.10. The lowest BCUT2D eigenvalue weighted by atomic mass is 10.2. The first kappa shape index (κ1) is 14.4. The summed E-state index contributed by atoms with van der Waals surface area (Å²) in [7, 11) is 0. The molecule has 0 unspecified atom stereocenters. The van der Waals surface area contributed by atoms with Crippen molar-refractivity contribution in [1.29, 1.82) is 0 Å². The fourth-order valence-electron chi connectivity index (χ4n) is 1.07. The third-order valence-corrected chi connectivity index (χ3v) is 2.18. The summed E-state index contributed by atoms with van der Waals surface area (Å²) in [5, 5.41) is 8.94. The van der Waals surface area contributed by atoms with E-state index >= 15 is 0 Å². The lowest BCUT2D eigenvalue weighted by molar-refractivity contribution is -0.137. The Kier molecular flexibility index (Phi) is 5.04. The van der Waals surface area contributed by atoms with Gasteiger partial charge in [0.15, 0.2) is 0 Å². The number of hydrogen-bond donors (Lipinski definition) is 1. The molecule has 18 heavy (non-hydrogen) atoms. The summed E-state index contributed by atoms with van der Waals surface area (Å²) in [6, 6.07) is 13.0. The van der Waals surface area contributed by atoms with Gasteiger partial charge in [0.05, 0.1) is 5.56 Å². The molecule has 0 atom stereocenters. The standard InChI is InChI=1S/C7H4ClF3.C6H6O/c8-6-3-1-5(2-4-6)7(9,10)11;7-6-4-2-1-3-5-6/h1-4H;1-5,7H. The van der Waals surface area contributed by atoms with Crippen molar-refractivity contribution in [2.75, 3.05) is 0 Å². The van der Waals surface area contributed by atoms with Gasteiger partial charge in [-0.05, 0) is 36.4 Å². The van der Waals surface area contributed by atoms with Gasteiger partial charge >= 0.3 is 6.18 Å². The smallest absolute Gasteiger partial charge is 0.416 e. The number of aromatic hydroxyl groups is 1. The van der Waals surface area contributed by atoms with Gasteiger partial charge in [-0.3, -0.25) is 0 Å². The number of phenolic OH excluding ortho intramolecular Hbond substituents is 1. The van der Waals surface area contributed by atoms with Crippen LogP contribution in [0.1, 0.15) is 5.56 Å². The van der Waals surface area contributed by atoms with Crippen molar-refractivity contribution in [2.45, 2.75) is 6.18 Å². The van der Waals surface area contributed by atoms with Gasteiger partial charge in [0.1, 0.15) is 5.75 Å². The molecule has 2 rings (SSSR count). The highest BCUT2D eigenvalue weighted by Crippen LogP contribution is 2.29. The van der Waals surface area contributed by atoms with Crippen molar-refractivity contribution < 1.29 is 18.3 Å². The topological polar surface area (TPSA) is 20.2 Å². The van der Waals surface area contributed by atoms with Crippen LogP contribution in [0.4, 0.5) is 13.2 Å². The van der Waals surface area contributed by atoms with Gasteiger partial charge in [0.2, 0.25) is 0 Å². The number of para-hydroxylation sites is 1. The number of hydrogen-bond acceptors (Lipinski definition) is 1. The van der Waals surface area contributed by atoms with Gasteiger partial charge in [-0.15, -0.1) is 0 Å². The van der Waals surface area contributed by atoms with E-state index in [2.05, 4.69) is 0 Å². The Morgan fingerprint density at radius 2 is 1.33 bits per heavy atom. The Labute approximate surface area is 107 Å². The molecule has 0 saturated carbocycles. The maximum Gasteiger partial charge on any atom is 0.416 e. The Hall–Kier alpha value is -1.68. The van der Waals surface area contributed by atoms with E-state index in [1.165, 1.54) is 12.1 Å². The molecule has 0 heterocycles. The molecule has 2 aromatic carbocycles. The first-order valence-corrected chi connectivity index (χ1v) is 5.34. The Balaban J connectivity index is 0.000000199. The van der Waals surface area contributed by atoms with Crippen LogP contribution in [0, 0.1) is 0 Å². The van der Waals surface area contributed by atoms with Crippen LogP contribution >= 0.6 is 11.6 Å². The Morgan fingerprint density at radius 1 is 0.833 bits per heavy atom. The van der Waals surface area contributed by atoms with Crippen molar-refractivity contribution in [1.82, 2.24) is 0 Å². The van der Waals surface area contributed by atoms with E-state index in [1.807, 2.05) is 6.07 Å². The van der Waals surface area contributed by atoms with Gasteiger partial charge in [-0.25, -0.2) is 0 Å². The monoisotopic (exact) mass is 274 g/mol. The second kappa shape index (κ2) is 6.31. The summed E-state index contributed by atoms with van der Waals surface area (Å²) in [6.45, 7) is 0. The summed E-state index contributed by atoms with van der Waals surface area (Å²) >= 11 is 5.39. The molecule has 0 aromatic heterocycles. The quantitative estimate of drug-likeness (QED) is 0.735. The van der Waals surface area contributed by atoms with Crippen molar-refractivity contribution >= 4 is 11.6 Å². The van der Waals surface area contributed by atoms with E-state index in [9.17, 15) is 13.2 Å². The van der Waals surface area contributed by atoms with E-state index in [0.717, 1.165) is 12.1 Å². The average Bonchev–Trinajstić information content (AvgIpc) is 2.30. The zero-order valence-electron chi connectivity index (χ0n) is 9.16. The SMILES string of the molecule is FC(F)(F)c1ccc(Cl)cc1.Oc1ccccc1. The van der Waals surface area contributed by atoms with Crippen molar-refractivity contribution in [3.05, 3.63) is 65.2 Å².